The van der Waals surface area contributed by atoms with E-state index in [4.69, 9.17) is 0 Å². The van der Waals surface area contributed by atoms with Gasteiger partial charge in [-0.3, -0.25) is 0 Å². The first kappa shape index (κ1) is 17.0. The largest absolute Gasteiger partial charge is 0.508 e. The van der Waals surface area contributed by atoms with E-state index in [2.05, 4.69) is 10.2 Å². The molecule has 2 aromatic carbocycles. The Balaban J connectivity index is 1.44. The van der Waals surface area contributed by atoms with Crippen LogP contribution in [0, 0.1) is 0 Å². The van der Waals surface area contributed by atoms with Gasteiger partial charge in [-0.2, -0.15) is 0 Å². The molecule has 0 atom stereocenters. The number of urea groups is 1. The van der Waals surface area contributed by atoms with Crippen LogP contribution in [0.2, 0.25) is 0 Å². The summed E-state index contributed by atoms with van der Waals surface area (Å²) < 4.78 is 0. The van der Waals surface area contributed by atoms with E-state index in [1.165, 1.54) is 0 Å². The minimum Gasteiger partial charge on any atom is -0.508 e. The van der Waals surface area contributed by atoms with Crippen molar-refractivity contribution in [2.24, 2.45) is 0 Å². The summed E-state index contributed by atoms with van der Waals surface area (Å²) >= 11 is 0. The van der Waals surface area contributed by atoms with Crippen LogP contribution in [0.4, 0.5) is 10.5 Å². The van der Waals surface area contributed by atoms with Gasteiger partial charge in [0.15, 0.2) is 0 Å². The Morgan fingerprint density at radius 1 is 0.960 bits per heavy atom. The third-order valence-electron chi connectivity index (χ3n) is 4.36. The third kappa shape index (κ3) is 4.56. The maximum atomic E-state index is 12.3. The fourth-order valence-electron chi connectivity index (χ4n) is 3.00. The van der Waals surface area contributed by atoms with Crippen LogP contribution < -0.4 is 10.2 Å². The highest BCUT2D eigenvalue weighted by molar-refractivity contribution is 5.74. The number of hydrogen-bond acceptors (Lipinski definition) is 4. The fraction of sp³-hybridized carbons (Fsp3) is 0.316. The van der Waals surface area contributed by atoms with E-state index in [1.807, 2.05) is 23.1 Å². The van der Waals surface area contributed by atoms with E-state index in [0.717, 1.165) is 24.3 Å². The van der Waals surface area contributed by atoms with E-state index in [-0.39, 0.29) is 17.5 Å². The molecule has 25 heavy (non-hydrogen) atoms. The Kier molecular flexibility index (Phi) is 5.28. The van der Waals surface area contributed by atoms with Crippen molar-refractivity contribution in [3.05, 3.63) is 54.1 Å². The van der Waals surface area contributed by atoms with Crippen molar-refractivity contribution >= 4 is 11.7 Å². The molecule has 0 spiro atoms. The van der Waals surface area contributed by atoms with Crippen LogP contribution >= 0.6 is 0 Å². The van der Waals surface area contributed by atoms with Gasteiger partial charge in [-0.1, -0.05) is 18.2 Å². The standard InChI is InChI=1S/C19H23N3O3/c23-17-5-1-3-15(13-17)7-8-20-19(25)22-11-9-21(10-12-22)16-4-2-6-18(24)14-16/h1-6,13-14,23-24H,7-12H2,(H,20,25). The number of benzene rings is 2. The van der Waals surface area contributed by atoms with Crippen molar-refractivity contribution < 1.29 is 15.0 Å². The summed E-state index contributed by atoms with van der Waals surface area (Å²) in [7, 11) is 0. The van der Waals surface area contributed by atoms with Gasteiger partial charge < -0.3 is 25.3 Å². The van der Waals surface area contributed by atoms with Crippen LogP contribution in [0.25, 0.3) is 0 Å². The summed E-state index contributed by atoms with van der Waals surface area (Å²) in [5.74, 6) is 0.497. The number of nitrogens with one attached hydrogen (secondary N) is 1. The minimum absolute atomic E-state index is 0.0595. The molecular weight excluding hydrogens is 318 g/mol. The molecule has 1 heterocycles. The lowest BCUT2D eigenvalue weighted by molar-refractivity contribution is 0.194. The van der Waals surface area contributed by atoms with Crippen LogP contribution in [0.5, 0.6) is 11.5 Å². The number of carbonyl (C=O) groups excluding carboxylic acids is 1. The molecule has 1 fully saturated rings. The lowest BCUT2D eigenvalue weighted by atomic mass is 10.1. The minimum atomic E-state index is -0.0595. The average molecular weight is 341 g/mol. The van der Waals surface area contributed by atoms with Gasteiger partial charge in [0, 0.05) is 44.5 Å². The van der Waals surface area contributed by atoms with Crippen LogP contribution in [0.3, 0.4) is 0 Å². The first-order chi connectivity index (χ1) is 12.1. The van der Waals surface area contributed by atoms with E-state index in [9.17, 15) is 15.0 Å². The summed E-state index contributed by atoms with van der Waals surface area (Å²) in [4.78, 5) is 16.2. The number of hydrogen-bond donors (Lipinski definition) is 3. The van der Waals surface area contributed by atoms with Gasteiger partial charge in [0.1, 0.15) is 11.5 Å². The van der Waals surface area contributed by atoms with E-state index >= 15 is 0 Å². The van der Waals surface area contributed by atoms with Crippen LogP contribution in [0.15, 0.2) is 48.5 Å². The summed E-state index contributed by atoms with van der Waals surface area (Å²) in [6.07, 6.45) is 0.684. The first-order valence-electron chi connectivity index (χ1n) is 8.46. The SMILES string of the molecule is O=C(NCCc1cccc(O)c1)N1CCN(c2cccc(O)c2)CC1. The summed E-state index contributed by atoms with van der Waals surface area (Å²) in [6.45, 7) is 3.31. The Bertz CT molecular complexity index is 727. The average Bonchev–Trinajstić information content (AvgIpc) is 2.62. The summed E-state index contributed by atoms with van der Waals surface area (Å²) in [5.41, 5.74) is 1.97. The fourth-order valence-corrected chi connectivity index (χ4v) is 3.00. The number of rotatable bonds is 4. The van der Waals surface area contributed by atoms with Gasteiger partial charge >= 0.3 is 6.03 Å². The van der Waals surface area contributed by atoms with Crippen molar-refractivity contribution in [2.45, 2.75) is 6.42 Å². The monoisotopic (exact) mass is 341 g/mol. The molecule has 0 aliphatic carbocycles. The second-order valence-electron chi connectivity index (χ2n) is 6.15. The molecule has 0 radical (unpaired) electrons. The predicted molar refractivity (Wildman–Crippen MR) is 97.1 cm³/mol. The number of aromatic hydroxyl groups is 2. The maximum absolute atomic E-state index is 12.3. The van der Waals surface area contributed by atoms with Gasteiger partial charge in [0.25, 0.3) is 0 Å². The highest BCUT2D eigenvalue weighted by Crippen LogP contribution is 2.21. The normalized spacial score (nSPS) is 14.4. The van der Waals surface area contributed by atoms with Crippen molar-refractivity contribution in [1.29, 1.82) is 0 Å². The van der Waals surface area contributed by atoms with Crippen LogP contribution in [0.1, 0.15) is 5.56 Å². The second kappa shape index (κ2) is 7.79. The van der Waals surface area contributed by atoms with Crippen molar-refractivity contribution in [1.82, 2.24) is 10.2 Å². The molecule has 0 aromatic heterocycles. The zero-order valence-corrected chi connectivity index (χ0v) is 14.1. The number of phenolic OH excluding ortho intramolecular Hbond substituents is 2. The van der Waals surface area contributed by atoms with Gasteiger partial charge in [-0.05, 0) is 36.2 Å². The maximum Gasteiger partial charge on any atom is 0.317 e. The number of amides is 2. The topological polar surface area (TPSA) is 76.0 Å². The Morgan fingerprint density at radius 3 is 2.32 bits per heavy atom. The first-order valence-corrected chi connectivity index (χ1v) is 8.46. The summed E-state index contributed by atoms with van der Waals surface area (Å²) in [6, 6.07) is 14.2. The molecule has 1 aliphatic heterocycles. The molecule has 3 rings (SSSR count). The van der Waals surface area contributed by atoms with Gasteiger partial charge in [-0.25, -0.2) is 4.79 Å². The highest BCUT2D eigenvalue weighted by Gasteiger charge is 2.21. The molecule has 0 unspecified atom stereocenters. The molecule has 0 saturated carbocycles. The Hall–Kier alpha value is -2.89. The Morgan fingerprint density at radius 2 is 1.64 bits per heavy atom. The lowest BCUT2D eigenvalue weighted by Gasteiger charge is -2.36. The smallest absolute Gasteiger partial charge is 0.317 e. The van der Waals surface area contributed by atoms with Crippen molar-refractivity contribution in [2.75, 3.05) is 37.6 Å². The predicted octanol–water partition coefficient (Wildman–Crippen LogP) is 2.17. The summed E-state index contributed by atoms with van der Waals surface area (Å²) in [5, 5.41) is 22.0. The van der Waals surface area contributed by atoms with Crippen LogP contribution in [-0.4, -0.2) is 53.9 Å². The quantitative estimate of drug-likeness (QED) is 0.797. The van der Waals surface area contributed by atoms with Crippen molar-refractivity contribution in [3.8, 4) is 11.5 Å². The zero-order chi connectivity index (χ0) is 17.6. The number of nitrogens with zero attached hydrogens (tertiary/aromatic N) is 2. The lowest BCUT2D eigenvalue weighted by Crippen LogP contribution is -2.52. The molecule has 0 bridgehead atoms. The molecule has 2 aromatic rings. The van der Waals surface area contributed by atoms with Crippen LogP contribution in [-0.2, 0) is 6.42 Å². The molecule has 6 heteroatoms. The zero-order valence-electron chi connectivity index (χ0n) is 14.1. The second-order valence-corrected chi connectivity index (χ2v) is 6.15. The number of anilines is 1. The molecule has 3 N–H and O–H groups in total. The molecule has 6 nitrogen and oxygen atoms in total. The van der Waals surface area contributed by atoms with Crippen molar-refractivity contribution in [3.63, 3.8) is 0 Å². The molecule has 2 amide bonds. The highest BCUT2D eigenvalue weighted by atomic mass is 16.3. The number of piperazine rings is 1. The molecular formula is C19H23N3O3. The third-order valence-corrected chi connectivity index (χ3v) is 4.36. The Labute approximate surface area is 147 Å². The molecule has 1 aliphatic rings. The number of phenols is 2. The van der Waals surface area contributed by atoms with Gasteiger partial charge in [0.2, 0.25) is 0 Å². The van der Waals surface area contributed by atoms with Gasteiger partial charge in [-0.15, -0.1) is 0 Å². The van der Waals surface area contributed by atoms with E-state index in [0.29, 0.717) is 26.1 Å². The van der Waals surface area contributed by atoms with E-state index < -0.39 is 0 Å². The molecule has 1 saturated heterocycles. The molecule has 132 valence electrons. The number of carbonyl (C=O) groups is 1. The van der Waals surface area contributed by atoms with Gasteiger partial charge in [0.05, 0.1) is 0 Å². The van der Waals surface area contributed by atoms with E-state index in [1.54, 1.807) is 30.3 Å².